The van der Waals surface area contributed by atoms with Gasteiger partial charge in [-0.25, -0.2) is 0 Å². The van der Waals surface area contributed by atoms with Gasteiger partial charge in [0.15, 0.2) is 0 Å². The third-order valence-corrected chi connectivity index (χ3v) is 3.54. The van der Waals surface area contributed by atoms with Crippen molar-refractivity contribution in [3.8, 4) is 5.75 Å². The number of hydrogen-bond donors (Lipinski definition) is 0. The molecule has 0 aliphatic carbocycles. The lowest BCUT2D eigenvalue weighted by Gasteiger charge is -2.26. The van der Waals surface area contributed by atoms with Gasteiger partial charge in [0.2, 0.25) is 5.91 Å². The van der Waals surface area contributed by atoms with Gasteiger partial charge in [-0.15, -0.1) is 0 Å². The van der Waals surface area contributed by atoms with Crippen molar-refractivity contribution in [3.05, 3.63) is 29.8 Å². The van der Waals surface area contributed by atoms with E-state index in [1.807, 2.05) is 29.2 Å². The highest BCUT2D eigenvalue weighted by Gasteiger charge is 2.18. The Labute approximate surface area is 99.8 Å². The molecule has 3 nitrogen and oxygen atoms in total. The first-order valence-corrected chi connectivity index (χ1v) is 6.43. The molecule has 1 heterocycles. The van der Waals surface area contributed by atoms with Gasteiger partial charge in [-0.2, -0.15) is 11.8 Å². The van der Waals surface area contributed by atoms with Crippen LogP contribution in [0.3, 0.4) is 0 Å². The molecular weight excluding hydrogens is 222 g/mol. The van der Waals surface area contributed by atoms with Crippen LogP contribution in [0.1, 0.15) is 5.56 Å². The maximum Gasteiger partial charge on any atom is 0.232 e. The van der Waals surface area contributed by atoms with E-state index in [9.17, 15) is 4.79 Å². The Bertz CT molecular complexity index is 364. The number of benzene rings is 1. The normalized spacial score (nSPS) is 16.3. The second-order valence-corrected chi connectivity index (χ2v) is 4.82. The van der Waals surface area contributed by atoms with Crippen LogP contribution in [0.25, 0.3) is 0 Å². The molecule has 0 aromatic heterocycles. The summed E-state index contributed by atoms with van der Waals surface area (Å²) >= 11 is 1.71. The average Bonchev–Trinajstić information content (AvgIpc) is 2.33. The van der Waals surface area contributed by atoms with Crippen molar-refractivity contribution >= 4 is 17.7 Å². The Kier molecular flexibility index (Phi) is 3.72. The number of carbonyl (C=O) groups is 1. The molecule has 1 amide bonds. The van der Waals surface area contributed by atoms with Gasteiger partial charge in [-0.1, -0.05) is 12.1 Å². The minimum absolute atomic E-state index is 0.243. The fourth-order valence-corrected chi connectivity index (χ4v) is 2.52. The second kappa shape index (κ2) is 5.25. The van der Waals surface area contributed by atoms with E-state index in [0.29, 0.717) is 12.3 Å². The van der Waals surface area contributed by atoms with Gasteiger partial charge in [0.05, 0.1) is 12.9 Å². The number of carbonyl (C=O) groups excluding carboxylic acids is 1. The summed E-state index contributed by atoms with van der Waals surface area (Å²) in [7, 11) is 1.65. The molecule has 1 saturated heterocycles. The van der Waals surface area contributed by atoms with Gasteiger partial charge in [-0.3, -0.25) is 4.79 Å². The summed E-state index contributed by atoms with van der Waals surface area (Å²) in [5, 5.41) is 0. The maximum atomic E-state index is 11.6. The van der Waals surface area contributed by atoms with Gasteiger partial charge in [0, 0.05) is 18.8 Å². The van der Waals surface area contributed by atoms with Crippen molar-refractivity contribution in [1.29, 1.82) is 0 Å². The Morgan fingerprint density at radius 1 is 1.38 bits per heavy atom. The van der Waals surface area contributed by atoms with Crippen LogP contribution in [0, 0.1) is 0 Å². The lowest BCUT2D eigenvalue weighted by molar-refractivity contribution is -0.129. The van der Waals surface area contributed by atoms with Crippen LogP contribution in [0.4, 0.5) is 0 Å². The Balaban J connectivity index is 1.99. The van der Waals surface area contributed by atoms with Gasteiger partial charge < -0.3 is 9.64 Å². The number of nitrogens with zero attached hydrogens (tertiary/aromatic N) is 1. The fraction of sp³-hybridized carbons (Fsp3) is 0.417. The zero-order chi connectivity index (χ0) is 11.4. The monoisotopic (exact) mass is 237 g/mol. The molecule has 0 radical (unpaired) electrons. The number of methoxy groups -OCH3 is 1. The molecular formula is C12H15NO2S. The molecule has 1 aliphatic rings. The Morgan fingerprint density at radius 2 is 2.12 bits per heavy atom. The molecule has 86 valence electrons. The minimum atomic E-state index is 0.243. The van der Waals surface area contributed by atoms with E-state index in [2.05, 4.69) is 0 Å². The number of hydrogen-bond acceptors (Lipinski definition) is 3. The van der Waals surface area contributed by atoms with E-state index in [4.69, 9.17) is 4.74 Å². The van der Waals surface area contributed by atoms with Crippen LogP contribution in [0.15, 0.2) is 24.3 Å². The quantitative estimate of drug-likeness (QED) is 0.802. The molecule has 1 aliphatic heterocycles. The van der Waals surface area contributed by atoms with E-state index >= 15 is 0 Å². The average molecular weight is 237 g/mol. The first kappa shape index (κ1) is 11.3. The molecule has 16 heavy (non-hydrogen) atoms. The van der Waals surface area contributed by atoms with Crippen LogP contribution in [-0.2, 0) is 11.3 Å². The zero-order valence-electron chi connectivity index (χ0n) is 9.31. The SMILES string of the molecule is COc1ccc(CN2CCSCC2=O)cc1. The highest BCUT2D eigenvalue weighted by molar-refractivity contribution is 8.00. The van der Waals surface area contributed by atoms with E-state index in [1.165, 1.54) is 0 Å². The molecule has 4 heteroatoms. The molecule has 0 N–H and O–H groups in total. The molecule has 0 saturated carbocycles. The van der Waals surface area contributed by atoms with E-state index in [0.717, 1.165) is 23.6 Å². The Morgan fingerprint density at radius 3 is 2.75 bits per heavy atom. The maximum absolute atomic E-state index is 11.6. The van der Waals surface area contributed by atoms with E-state index in [-0.39, 0.29) is 5.91 Å². The number of amides is 1. The van der Waals surface area contributed by atoms with Crippen LogP contribution in [0.2, 0.25) is 0 Å². The fourth-order valence-electron chi connectivity index (χ4n) is 1.67. The van der Waals surface area contributed by atoms with E-state index < -0.39 is 0 Å². The summed E-state index contributed by atoms with van der Waals surface area (Å²) in [4.78, 5) is 13.5. The summed E-state index contributed by atoms with van der Waals surface area (Å²) in [6.45, 7) is 1.57. The van der Waals surface area contributed by atoms with Crippen molar-refractivity contribution in [2.45, 2.75) is 6.54 Å². The van der Waals surface area contributed by atoms with Gasteiger partial charge in [-0.05, 0) is 17.7 Å². The van der Waals surface area contributed by atoms with Crippen molar-refractivity contribution < 1.29 is 9.53 Å². The predicted octanol–water partition coefficient (Wildman–Crippen LogP) is 1.77. The van der Waals surface area contributed by atoms with E-state index in [1.54, 1.807) is 18.9 Å². The highest BCUT2D eigenvalue weighted by Crippen LogP contribution is 2.16. The highest BCUT2D eigenvalue weighted by atomic mass is 32.2. The molecule has 1 aromatic rings. The summed E-state index contributed by atoms with van der Waals surface area (Å²) in [6, 6.07) is 7.87. The first-order valence-electron chi connectivity index (χ1n) is 5.28. The zero-order valence-corrected chi connectivity index (χ0v) is 10.1. The Hall–Kier alpha value is -1.16. The van der Waals surface area contributed by atoms with Gasteiger partial charge >= 0.3 is 0 Å². The van der Waals surface area contributed by atoms with Crippen molar-refractivity contribution in [2.75, 3.05) is 25.2 Å². The number of thioether (sulfide) groups is 1. The lowest BCUT2D eigenvalue weighted by atomic mass is 10.2. The van der Waals surface area contributed by atoms with Crippen LogP contribution in [0.5, 0.6) is 5.75 Å². The van der Waals surface area contributed by atoms with Crippen molar-refractivity contribution in [2.24, 2.45) is 0 Å². The standard InChI is InChI=1S/C12H15NO2S/c1-15-11-4-2-10(3-5-11)8-13-6-7-16-9-12(13)14/h2-5H,6-9H2,1H3. The molecule has 1 aromatic carbocycles. The molecule has 0 unspecified atom stereocenters. The van der Waals surface area contributed by atoms with Gasteiger partial charge in [0.25, 0.3) is 0 Å². The predicted molar refractivity (Wildman–Crippen MR) is 65.7 cm³/mol. The minimum Gasteiger partial charge on any atom is -0.497 e. The smallest absolute Gasteiger partial charge is 0.232 e. The number of rotatable bonds is 3. The van der Waals surface area contributed by atoms with Crippen molar-refractivity contribution in [1.82, 2.24) is 4.90 Å². The van der Waals surface area contributed by atoms with Crippen LogP contribution < -0.4 is 4.74 Å². The largest absolute Gasteiger partial charge is 0.497 e. The molecule has 0 atom stereocenters. The molecule has 1 fully saturated rings. The summed E-state index contributed by atoms with van der Waals surface area (Å²) in [6.07, 6.45) is 0. The van der Waals surface area contributed by atoms with Gasteiger partial charge in [0.1, 0.15) is 5.75 Å². The summed E-state index contributed by atoms with van der Waals surface area (Å²) in [5.74, 6) is 2.76. The molecule has 0 bridgehead atoms. The molecule has 0 spiro atoms. The molecule has 2 rings (SSSR count). The second-order valence-electron chi connectivity index (χ2n) is 3.72. The van der Waals surface area contributed by atoms with Crippen LogP contribution in [-0.4, -0.2) is 36.0 Å². The first-order chi connectivity index (χ1) is 7.79. The lowest BCUT2D eigenvalue weighted by Crippen LogP contribution is -2.37. The summed E-state index contributed by atoms with van der Waals surface area (Å²) in [5.41, 5.74) is 1.15. The topological polar surface area (TPSA) is 29.5 Å². The number of ether oxygens (including phenoxy) is 1. The van der Waals surface area contributed by atoms with Crippen LogP contribution >= 0.6 is 11.8 Å². The van der Waals surface area contributed by atoms with Crippen molar-refractivity contribution in [3.63, 3.8) is 0 Å². The third-order valence-electron chi connectivity index (χ3n) is 2.62. The summed E-state index contributed by atoms with van der Waals surface area (Å²) < 4.78 is 5.10. The third kappa shape index (κ3) is 2.70.